The van der Waals surface area contributed by atoms with Crippen LogP contribution in [0.3, 0.4) is 0 Å². The Morgan fingerprint density at radius 1 is 1.41 bits per heavy atom. The van der Waals surface area contributed by atoms with Crippen LogP contribution in [-0.2, 0) is 9.84 Å². The first-order valence-electron chi connectivity index (χ1n) is 5.41. The van der Waals surface area contributed by atoms with Crippen molar-refractivity contribution in [3.63, 3.8) is 0 Å². The maximum atomic E-state index is 10.9. The summed E-state index contributed by atoms with van der Waals surface area (Å²) < 4.78 is 21.9. The molecule has 0 amide bonds. The molecule has 0 aliphatic carbocycles. The number of hydrogen-bond donors (Lipinski definition) is 1. The first-order valence-corrected chi connectivity index (χ1v) is 7.85. The quantitative estimate of drug-likeness (QED) is 0.899. The van der Waals surface area contributed by atoms with Gasteiger partial charge in [-0.2, -0.15) is 0 Å². The van der Waals surface area contributed by atoms with Gasteiger partial charge in [-0.3, -0.25) is 0 Å². The van der Waals surface area contributed by atoms with Crippen molar-refractivity contribution in [1.82, 2.24) is 0 Å². The fourth-order valence-corrected chi connectivity index (χ4v) is 2.40. The van der Waals surface area contributed by atoms with E-state index in [1.807, 2.05) is 19.1 Å². The normalized spacial score (nSPS) is 13.6. The van der Waals surface area contributed by atoms with Crippen LogP contribution >= 0.6 is 11.6 Å². The summed E-state index contributed by atoms with van der Waals surface area (Å²) in [5.41, 5.74) is 1.69. The van der Waals surface area contributed by atoms with Crippen LogP contribution in [0.15, 0.2) is 18.2 Å². The van der Waals surface area contributed by atoms with E-state index < -0.39 is 15.9 Å². The molecule has 17 heavy (non-hydrogen) atoms. The second kappa shape index (κ2) is 5.85. The predicted octanol–water partition coefficient (Wildman–Crippen LogP) is 2.51. The smallest absolute Gasteiger partial charge is 0.147 e. The van der Waals surface area contributed by atoms with Crippen molar-refractivity contribution in [2.45, 2.75) is 25.9 Å². The van der Waals surface area contributed by atoms with Gasteiger partial charge in [0.25, 0.3) is 0 Å². The largest absolute Gasteiger partial charge is 0.388 e. The second-order valence-electron chi connectivity index (χ2n) is 4.30. The van der Waals surface area contributed by atoms with Gasteiger partial charge in [-0.1, -0.05) is 23.7 Å². The molecule has 1 atom stereocenters. The standard InChI is InChI=1S/C12H17ClO3S/c1-9-5-6-10(8-11(9)13)12(14)4-3-7-17(2,15)16/h5-6,8,12,14H,3-4,7H2,1-2H3. The highest BCUT2D eigenvalue weighted by Crippen LogP contribution is 2.24. The van der Waals surface area contributed by atoms with Crippen LogP contribution < -0.4 is 0 Å². The Bertz CT molecular complexity index is 483. The van der Waals surface area contributed by atoms with Crippen molar-refractivity contribution in [3.8, 4) is 0 Å². The monoisotopic (exact) mass is 276 g/mol. The lowest BCUT2D eigenvalue weighted by atomic mass is 10.0. The first kappa shape index (κ1) is 14.5. The van der Waals surface area contributed by atoms with E-state index in [0.717, 1.165) is 11.1 Å². The zero-order chi connectivity index (χ0) is 13.1. The minimum atomic E-state index is -2.95. The zero-order valence-corrected chi connectivity index (χ0v) is 11.6. The maximum absolute atomic E-state index is 10.9. The van der Waals surface area contributed by atoms with Gasteiger partial charge in [-0.15, -0.1) is 0 Å². The van der Waals surface area contributed by atoms with Crippen LogP contribution in [0.25, 0.3) is 0 Å². The lowest BCUT2D eigenvalue weighted by Gasteiger charge is -2.11. The van der Waals surface area contributed by atoms with Crippen LogP contribution in [0.2, 0.25) is 5.02 Å². The Labute approximate surface area is 107 Å². The summed E-state index contributed by atoms with van der Waals surface area (Å²) in [6, 6.07) is 5.38. The van der Waals surface area contributed by atoms with Crippen LogP contribution in [0.5, 0.6) is 0 Å². The lowest BCUT2D eigenvalue weighted by molar-refractivity contribution is 0.166. The van der Waals surface area contributed by atoms with Gasteiger partial charge in [0.2, 0.25) is 0 Å². The fraction of sp³-hybridized carbons (Fsp3) is 0.500. The average Bonchev–Trinajstić information content (AvgIpc) is 2.20. The van der Waals surface area contributed by atoms with E-state index in [1.165, 1.54) is 6.26 Å². The van der Waals surface area contributed by atoms with E-state index in [-0.39, 0.29) is 5.75 Å². The molecule has 0 bridgehead atoms. The molecular formula is C12H17ClO3S. The van der Waals surface area contributed by atoms with Crippen molar-refractivity contribution in [3.05, 3.63) is 34.3 Å². The van der Waals surface area contributed by atoms with Gasteiger partial charge in [0.1, 0.15) is 9.84 Å². The van der Waals surface area contributed by atoms with Gasteiger partial charge in [0.15, 0.2) is 0 Å². The van der Waals surface area contributed by atoms with Crippen molar-refractivity contribution in [2.24, 2.45) is 0 Å². The Morgan fingerprint density at radius 2 is 2.06 bits per heavy atom. The van der Waals surface area contributed by atoms with Crippen LogP contribution in [0.4, 0.5) is 0 Å². The van der Waals surface area contributed by atoms with E-state index >= 15 is 0 Å². The molecule has 0 spiro atoms. The molecule has 1 N–H and O–H groups in total. The molecule has 0 saturated heterocycles. The molecule has 96 valence electrons. The molecule has 1 rings (SSSR count). The number of aryl methyl sites for hydroxylation is 1. The number of rotatable bonds is 5. The van der Waals surface area contributed by atoms with Gasteiger partial charge in [0, 0.05) is 17.0 Å². The first-order chi connectivity index (χ1) is 7.79. The van der Waals surface area contributed by atoms with Gasteiger partial charge >= 0.3 is 0 Å². The van der Waals surface area contributed by atoms with Gasteiger partial charge in [-0.05, 0) is 37.0 Å². The highest BCUT2D eigenvalue weighted by molar-refractivity contribution is 7.90. The number of benzene rings is 1. The van der Waals surface area contributed by atoms with Crippen LogP contribution in [-0.4, -0.2) is 25.5 Å². The highest BCUT2D eigenvalue weighted by atomic mass is 35.5. The Balaban J connectivity index is 2.58. The summed E-state index contributed by atoms with van der Waals surface area (Å²) in [5.74, 6) is 0.101. The molecule has 0 fully saturated rings. The molecule has 1 aromatic rings. The lowest BCUT2D eigenvalue weighted by Crippen LogP contribution is -2.05. The van der Waals surface area contributed by atoms with E-state index in [4.69, 9.17) is 11.6 Å². The third kappa shape index (κ3) is 5.06. The summed E-state index contributed by atoms with van der Waals surface area (Å²) in [6.45, 7) is 1.89. The topological polar surface area (TPSA) is 54.4 Å². The van der Waals surface area contributed by atoms with Gasteiger partial charge < -0.3 is 5.11 Å². The Morgan fingerprint density at radius 3 is 2.59 bits per heavy atom. The maximum Gasteiger partial charge on any atom is 0.147 e. The highest BCUT2D eigenvalue weighted by Gasteiger charge is 2.10. The Kier molecular flexibility index (Phi) is 4.98. The third-order valence-electron chi connectivity index (χ3n) is 2.57. The number of aliphatic hydroxyl groups is 1. The second-order valence-corrected chi connectivity index (χ2v) is 6.96. The average molecular weight is 277 g/mol. The van der Waals surface area contributed by atoms with E-state index in [1.54, 1.807) is 6.07 Å². The molecule has 0 saturated carbocycles. The molecule has 3 nitrogen and oxygen atoms in total. The molecule has 1 aromatic carbocycles. The molecule has 0 aliphatic heterocycles. The molecule has 0 aromatic heterocycles. The van der Waals surface area contributed by atoms with E-state index in [2.05, 4.69) is 0 Å². The summed E-state index contributed by atoms with van der Waals surface area (Å²) in [6.07, 6.45) is 1.41. The molecular weight excluding hydrogens is 260 g/mol. The van der Waals surface area contributed by atoms with Crippen molar-refractivity contribution in [1.29, 1.82) is 0 Å². The van der Waals surface area contributed by atoms with E-state index in [0.29, 0.717) is 17.9 Å². The fourth-order valence-electron chi connectivity index (χ4n) is 1.52. The number of halogens is 1. The number of sulfone groups is 1. The van der Waals surface area contributed by atoms with Crippen molar-refractivity contribution >= 4 is 21.4 Å². The molecule has 0 heterocycles. The van der Waals surface area contributed by atoms with E-state index in [9.17, 15) is 13.5 Å². The third-order valence-corrected chi connectivity index (χ3v) is 4.01. The molecule has 0 radical (unpaired) electrons. The molecule has 5 heteroatoms. The van der Waals surface area contributed by atoms with Gasteiger partial charge in [0.05, 0.1) is 6.10 Å². The molecule has 1 unspecified atom stereocenters. The Hall–Kier alpha value is -0.580. The summed E-state index contributed by atoms with van der Waals surface area (Å²) in [7, 11) is -2.95. The number of aliphatic hydroxyl groups excluding tert-OH is 1. The molecule has 0 aliphatic rings. The zero-order valence-electron chi connectivity index (χ0n) is 9.98. The van der Waals surface area contributed by atoms with Crippen molar-refractivity contribution < 1.29 is 13.5 Å². The summed E-state index contributed by atoms with van der Waals surface area (Å²) >= 11 is 5.96. The SMILES string of the molecule is Cc1ccc(C(O)CCCS(C)(=O)=O)cc1Cl. The summed E-state index contributed by atoms with van der Waals surface area (Å²) in [5, 5.41) is 10.5. The minimum absolute atomic E-state index is 0.101. The minimum Gasteiger partial charge on any atom is -0.388 e. The van der Waals surface area contributed by atoms with Crippen LogP contribution in [0, 0.1) is 6.92 Å². The predicted molar refractivity (Wildman–Crippen MR) is 70.1 cm³/mol. The van der Waals surface area contributed by atoms with Crippen molar-refractivity contribution in [2.75, 3.05) is 12.0 Å². The summed E-state index contributed by atoms with van der Waals surface area (Å²) in [4.78, 5) is 0. The van der Waals surface area contributed by atoms with Gasteiger partial charge in [-0.25, -0.2) is 8.42 Å². The number of hydrogen-bond acceptors (Lipinski definition) is 3. The van der Waals surface area contributed by atoms with Crippen LogP contribution in [0.1, 0.15) is 30.1 Å².